The molecule has 0 fully saturated rings. The Kier molecular flexibility index (Phi) is 5.15. The number of rotatable bonds is 4. The number of hydrogen-bond acceptors (Lipinski definition) is 4. The van der Waals surface area contributed by atoms with Gasteiger partial charge in [0.25, 0.3) is 0 Å². The van der Waals surface area contributed by atoms with Crippen LogP contribution in [0.5, 0.6) is 0 Å². The molecule has 0 aromatic heterocycles. The molecule has 2 aromatic carbocycles. The summed E-state index contributed by atoms with van der Waals surface area (Å²) in [5.41, 5.74) is 0.678. The van der Waals surface area contributed by atoms with Gasteiger partial charge in [-0.25, -0.2) is 13.2 Å². The standard InChI is InChI=1S/C16H13BrO4S/c1-21-16(18)10-8-12-7-9-14(11-15(12)17)22(19,20)13-5-3-2-4-6-13/h2-11H,1H3. The van der Waals surface area contributed by atoms with Gasteiger partial charge in [0.05, 0.1) is 16.9 Å². The molecule has 6 heteroatoms. The number of methoxy groups -OCH3 is 1. The Morgan fingerprint density at radius 3 is 2.36 bits per heavy atom. The van der Waals surface area contributed by atoms with E-state index >= 15 is 0 Å². The Morgan fingerprint density at radius 1 is 1.09 bits per heavy atom. The predicted molar refractivity (Wildman–Crippen MR) is 87.1 cm³/mol. The average molecular weight is 381 g/mol. The van der Waals surface area contributed by atoms with E-state index in [0.717, 1.165) is 0 Å². The van der Waals surface area contributed by atoms with Crippen LogP contribution in [0, 0.1) is 0 Å². The second-order valence-corrected chi connectivity index (χ2v) is 7.16. The molecule has 0 N–H and O–H groups in total. The van der Waals surface area contributed by atoms with Gasteiger partial charge in [0.1, 0.15) is 0 Å². The molecule has 0 atom stereocenters. The third-order valence-corrected chi connectivity index (χ3v) is 5.39. The van der Waals surface area contributed by atoms with Crippen LogP contribution in [-0.4, -0.2) is 21.5 Å². The minimum Gasteiger partial charge on any atom is -0.466 e. The number of esters is 1. The number of carbonyl (C=O) groups excluding carboxylic acids is 1. The largest absolute Gasteiger partial charge is 0.466 e. The highest BCUT2D eigenvalue weighted by Gasteiger charge is 2.17. The summed E-state index contributed by atoms with van der Waals surface area (Å²) in [4.78, 5) is 11.5. The molecule has 0 amide bonds. The summed E-state index contributed by atoms with van der Waals surface area (Å²) >= 11 is 3.32. The molecule has 0 aliphatic carbocycles. The van der Waals surface area contributed by atoms with Crippen molar-refractivity contribution < 1.29 is 17.9 Å². The second-order valence-electron chi connectivity index (χ2n) is 4.36. The first-order chi connectivity index (χ1) is 10.4. The van der Waals surface area contributed by atoms with Crippen molar-refractivity contribution in [2.45, 2.75) is 9.79 Å². The van der Waals surface area contributed by atoms with Gasteiger partial charge in [0.2, 0.25) is 9.84 Å². The molecule has 0 aliphatic heterocycles. The fourth-order valence-electron chi connectivity index (χ4n) is 1.77. The summed E-state index contributed by atoms with van der Waals surface area (Å²) in [6.07, 6.45) is 2.82. The van der Waals surface area contributed by atoms with E-state index in [0.29, 0.717) is 10.0 Å². The molecular weight excluding hydrogens is 368 g/mol. The molecule has 2 aromatic rings. The van der Waals surface area contributed by atoms with Crippen LogP contribution in [0.1, 0.15) is 5.56 Å². The van der Waals surface area contributed by atoms with Crippen molar-refractivity contribution in [3.8, 4) is 0 Å². The van der Waals surface area contributed by atoms with Gasteiger partial charge in [-0.15, -0.1) is 0 Å². The first-order valence-corrected chi connectivity index (χ1v) is 8.58. The van der Waals surface area contributed by atoms with Crippen molar-refractivity contribution in [1.82, 2.24) is 0 Å². The minimum absolute atomic E-state index is 0.181. The van der Waals surface area contributed by atoms with Crippen LogP contribution in [0.2, 0.25) is 0 Å². The van der Waals surface area contributed by atoms with Gasteiger partial charge in [-0.2, -0.15) is 0 Å². The Bertz CT molecular complexity index is 811. The molecule has 22 heavy (non-hydrogen) atoms. The summed E-state index contributed by atoms with van der Waals surface area (Å²) in [5, 5.41) is 0. The Hall–Kier alpha value is -1.92. The van der Waals surface area contributed by atoms with Gasteiger partial charge in [-0.05, 0) is 35.9 Å². The van der Waals surface area contributed by atoms with Crippen molar-refractivity contribution in [1.29, 1.82) is 0 Å². The maximum absolute atomic E-state index is 12.5. The van der Waals surface area contributed by atoms with Crippen LogP contribution < -0.4 is 0 Å². The topological polar surface area (TPSA) is 60.4 Å². The maximum atomic E-state index is 12.5. The van der Waals surface area contributed by atoms with E-state index in [1.165, 1.54) is 25.3 Å². The van der Waals surface area contributed by atoms with Gasteiger partial charge in [-0.1, -0.05) is 40.2 Å². The molecular formula is C16H13BrO4S. The smallest absolute Gasteiger partial charge is 0.330 e. The van der Waals surface area contributed by atoms with Crippen LogP contribution in [0.15, 0.2) is 68.9 Å². The monoisotopic (exact) mass is 380 g/mol. The van der Waals surface area contributed by atoms with E-state index < -0.39 is 15.8 Å². The molecule has 2 rings (SSSR count). The zero-order valence-corrected chi connectivity index (χ0v) is 14.1. The van der Waals surface area contributed by atoms with E-state index in [-0.39, 0.29) is 9.79 Å². The van der Waals surface area contributed by atoms with E-state index in [4.69, 9.17) is 0 Å². The Morgan fingerprint density at radius 2 is 1.77 bits per heavy atom. The summed E-state index contributed by atoms with van der Waals surface area (Å²) in [6.45, 7) is 0. The quantitative estimate of drug-likeness (QED) is 0.601. The second kappa shape index (κ2) is 6.89. The third kappa shape index (κ3) is 3.64. The lowest BCUT2D eigenvalue weighted by Gasteiger charge is -2.06. The Labute approximate surface area is 137 Å². The molecule has 0 saturated carbocycles. The fourth-order valence-corrected chi connectivity index (χ4v) is 3.74. The first-order valence-electron chi connectivity index (χ1n) is 6.31. The molecule has 0 aliphatic rings. The normalized spacial score (nSPS) is 11.5. The lowest BCUT2D eigenvalue weighted by atomic mass is 10.2. The molecule has 0 saturated heterocycles. The lowest BCUT2D eigenvalue weighted by Crippen LogP contribution is -2.02. The highest BCUT2D eigenvalue weighted by atomic mass is 79.9. The average Bonchev–Trinajstić information content (AvgIpc) is 2.54. The third-order valence-electron chi connectivity index (χ3n) is 2.94. The van der Waals surface area contributed by atoms with Crippen molar-refractivity contribution in [3.05, 3.63) is 64.6 Å². The van der Waals surface area contributed by atoms with Crippen molar-refractivity contribution >= 4 is 37.8 Å². The van der Waals surface area contributed by atoms with Gasteiger partial charge in [0, 0.05) is 10.5 Å². The molecule has 0 spiro atoms. The number of sulfone groups is 1. The van der Waals surface area contributed by atoms with E-state index in [1.54, 1.807) is 42.5 Å². The van der Waals surface area contributed by atoms with Crippen LogP contribution in [0.4, 0.5) is 0 Å². The summed E-state index contributed by atoms with van der Waals surface area (Å²) in [6, 6.07) is 12.9. The zero-order valence-electron chi connectivity index (χ0n) is 11.7. The van der Waals surface area contributed by atoms with Gasteiger partial charge < -0.3 is 4.74 Å². The number of benzene rings is 2. The number of hydrogen-bond donors (Lipinski definition) is 0. The molecule has 4 nitrogen and oxygen atoms in total. The van der Waals surface area contributed by atoms with Crippen LogP contribution in [-0.2, 0) is 19.4 Å². The first kappa shape index (κ1) is 16.5. The van der Waals surface area contributed by atoms with E-state index in [2.05, 4.69) is 20.7 Å². The fraction of sp³-hybridized carbons (Fsp3) is 0.0625. The molecule has 0 heterocycles. The SMILES string of the molecule is COC(=O)C=Cc1ccc(S(=O)(=O)c2ccccc2)cc1Br. The molecule has 114 valence electrons. The Balaban J connectivity index is 2.38. The van der Waals surface area contributed by atoms with Crippen LogP contribution in [0.25, 0.3) is 6.08 Å². The predicted octanol–water partition coefficient (Wildman–Crippen LogP) is 3.47. The van der Waals surface area contributed by atoms with Crippen molar-refractivity contribution in [3.63, 3.8) is 0 Å². The van der Waals surface area contributed by atoms with Crippen LogP contribution in [0.3, 0.4) is 0 Å². The number of ether oxygens (including phenoxy) is 1. The summed E-state index contributed by atoms with van der Waals surface area (Å²) in [5.74, 6) is -0.479. The van der Waals surface area contributed by atoms with E-state index in [9.17, 15) is 13.2 Å². The molecule has 0 unspecified atom stereocenters. The summed E-state index contributed by atoms with van der Waals surface area (Å²) in [7, 11) is -2.27. The maximum Gasteiger partial charge on any atom is 0.330 e. The van der Waals surface area contributed by atoms with Gasteiger partial charge in [-0.3, -0.25) is 0 Å². The molecule has 0 bridgehead atoms. The summed E-state index contributed by atoms with van der Waals surface area (Å²) < 4.78 is 30.1. The highest BCUT2D eigenvalue weighted by molar-refractivity contribution is 9.10. The number of carbonyl (C=O) groups is 1. The van der Waals surface area contributed by atoms with Gasteiger partial charge in [0.15, 0.2) is 0 Å². The van der Waals surface area contributed by atoms with Gasteiger partial charge >= 0.3 is 5.97 Å². The molecule has 0 radical (unpaired) electrons. The lowest BCUT2D eigenvalue weighted by molar-refractivity contribution is -0.134. The van der Waals surface area contributed by atoms with Crippen LogP contribution >= 0.6 is 15.9 Å². The van der Waals surface area contributed by atoms with Crippen molar-refractivity contribution in [2.24, 2.45) is 0 Å². The van der Waals surface area contributed by atoms with E-state index in [1.807, 2.05) is 0 Å². The minimum atomic E-state index is -3.56. The highest BCUT2D eigenvalue weighted by Crippen LogP contribution is 2.26. The number of halogens is 1. The zero-order chi connectivity index (χ0) is 16.2. The van der Waals surface area contributed by atoms with Crippen molar-refractivity contribution in [2.75, 3.05) is 7.11 Å².